The number of hydrogen-bond donors (Lipinski definition) is 3. The fourth-order valence-corrected chi connectivity index (χ4v) is 5.60. The summed E-state index contributed by atoms with van der Waals surface area (Å²) in [5.74, 6) is 0.0845. The molecule has 234 valence electrons. The van der Waals surface area contributed by atoms with E-state index in [4.69, 9.17) is 5.73 Å². The van der Waals surface area contributed by atoms with Crippen LogP contribution in [0.25, 0.3) is 16.9 Å². The van der Waals surface area contributed by atoms with Crippen LogP contribution in [0.15, 0.2) is 54.4 Å². The second-order valence-corrected chi connectivity index (χ2v) is 10.8. The summed E-state index contributed by atoms with van der Waals surface area (Å²) in [7, 11) is 0. The molecular weight excluding hydrogens is 587 g/mol. The number of rotatable bonds is 10. The molecule has 0 atom stereocenters. The van der Waals surface area contributed by atoms with Crippen LogP contribution in [-0.2, 0) is 4.79 Å². The number of phenolic OH excluding ortho intramolecular Hbond substituents is 1. The third-order valence-electron chi connectivity index (χ3n) is 7.72. The van der Waals surface area contributed by atoms with Crippen molar-refractivity contribution in [3.63, 3.8) is 0 Å². The van der Waals surface area contributed by atoms with E-state index in [2.05, 4.69) is 26.9 Å². The van der Waals surface area contributed by atoms with Crippen molar-refractivity contribution < 1.29 is 31.9 Å². The number of carbonyl (C=O) groups is 1. The number of nitrogens with two attached hydrogens (primary N) is 1. The second kappa shape index (κ2) is 11.9. The molecule has 2 aliphatic rings. The zero-order chi connectivity index (χ0) is 31.8. The number of imidazole rings is 1. The van der Waals surface area contributed by atoms with E-state index in [1.165, 1.54) is 42.1 Å². The number of aliphatic imine (C=N–C) groups is 1. The summed E-state index contributed by atoms with van der Waals surface area (Å²) >= 11 is 0. The number of aromatic hydroxyl groups is 1. The van der Waals surface area contributed by atoms with Gasteiger partial charge in [-0.1, -0.05) is 12.7 Å². The molecule has 10 nitrogen and oxygen atoms in total. The Labute approximate surface area is 249 Å². The van der Waals surface area contributed by atoms with Gasteiger partial charge in [-0.3, -0.25) is 14.2 Å². The highest BCUT2D eigenvalue weighted by atomic mass is 19.4. The molecule has 0 radical (unpaired) electrons. The number of anilines is 2. The van der Waals surface area contributed by atoms with Crippen LogP contribution in [0.4, 0.5) is 33.5 Å². The predicted molar refractivity (Wildman–Crippen MR) is 156 cm³/mol. The van der Waals surface area contributed by atoms with Crippen molar-refractivity contribution in [1.82, 2.24) is 24.2 Å². The van der Waals surface area contributed by atoms with Gasteiger partial charge >= 0.3 is 6.18 Å². The van der Waals surface area contributed by atoms with E-state index >= 15 is 0 Å². The molecule has 5 rings (SSSR count). The molecule has 4 N–H and O–H groups in total. The number of benzene rings is 1. The molecule has 0 bridgehead atoms. The summed E-state index contributed by atoms with van der Waals surface area (Å²) in [6.45, 7) is 7.53. The number of allylic oxidation sites excluding steroid dienone is 2. The monoisotopic (exact) mass is 618 g/mol. The highest BCUT2D eigenvalue weighted by Crippen LogP contribution is 2.44. The predicted octanol–water partition coefficient (Wildman–Crippen LogP) is 4.31. The fraction of sp³-hybridized carbons (Fsp3) is 0.379. The number of phenols is 1. The molecule has 3 aromatic rings. The number of halogens is 5. The van der Waals surface area contributed by atoms with Gasteiger partial charge in [-0.25, -0.2) is 18.7 Å². The molecule has 0 unspecified atom stereocenters. The molecule has 2 saturated heterocycles. The minimum atomic E-state index is -4.89. The molecule has 0 saturated carbocycles. The Balaban J connectivity index is 1.32. The SMILES string of the molecule is C=C(c1ccc(Nc2nccn3c(/C(=C/C)C(=NCCC(F)F)C(F)(F)F)cnc23)cc1O)N1CC2(C1)CN(C(=O)CN)C2. The lowest BCUT2D eigenvalue weighted by atomic mass is 9.72. The molecular formula is C29H31F5N8O2. The summed E-state index contributed by atoms with van der Waals surface area (Å²) in [6, 6.07) is 4.87. The van der Waals surface area contributed by atoms with Crippen molar-refractivity contribution >= 4 is 40.0 Å². The molecule has 4 heterocycles. The molecule has 1 spiro atoms. The highest BCUT2D eigenvalue weighted by Gasteiger charge is 2.53. The molecule has 2 aliphatic heterocycles. The van der Waals surface area contributed by atoms with Gasteiger partial charge in [-0.15, -0.1) is 0 Å². The van der Waals surface area contributed by atoms with Crippen molar-refractivity contribution in [2.24, 2.45) is 16.1 Å². The van der Waals surface area contributed by atoms with Crippen LogP contribution in [0.5, 0.6) is 5.75 Å². The fourth-order valence-electron chi connectivity index (χ4n) is 5.60. The van der Waals surface area contributed by atoms with E-state index in [0.717, 1.165) is 0 Å². The lowest BCUT2D eigenvalue weighted by molar-refractivity contribution is -0.152. The van der Waals surface area contributed by atoms with Crippen LogP contribution in [0.1, 0.15) is 24.6 Å². The zero-order valence-electron chi connectivity index (χ0n) is 23.8. The van der Waals surface area contributed by atoms with Crippen molar-refractivity contribution in [1.29, 1.82) is 0 Å². The second-order valence-electron chi connectivity index (χ2n) is 10.8. The number of alkyl halides is 5. The average molecular weight is 619 g/mol. The zero-order valence-corrected chi connectivity index (χ0v) is 23.8. The first-order chi connectivity index (χ1) is 20.9. The summed E-state index contributed by atoms with van der Waals surface area (Å²) in [6.07, 6.45) is -3.23. The number of carbonyl (C=O) groups excluding carboxylic acids is 1. The van der Waals surface area contributed by atoms with Gasteiger partial charge in [0.15, 0.2) is 11.5 Å². The standard InChI is InChI=1S/C29H31F5N8O2/c1-3-19(25(29(32,33)34)36-7-6-23(30)31)21-12-38-27-26(37-8-9-42(21)27)39-18-4-5-20(22(43)10-18)17(2)40-13-28(14-40)15-41(16-28)24(44)11-35/h3-5,8-10,12,23,43H,2,6-7,11,13-16,35H2,1H3,(H,37,39)/b19-3-,36-25?. The molecule has 0 aliphatic carbocycles. The lowest BCUT2D eigenvalue weighted by Gasteiger charge is -2.61. The summed E-state index contributed by atoms with van der Waals surface area (Å²) < 4.78 is 68.2. The van der Waals surface area contributed by atoms with Crippen molar-refractivity contribution in [3.05, 3.63) is 60.7 Å². The van der Waals surface area contributed by atoms with Gasteiger partial charge in [-0.05, 0) is 19.1 Å². The molecule has 2 fully saturated rings. The van der Waals surface area contributed by atoms with E-state index in [1.807, 2.05) is 4.90 Å². The number of fused-ring (bicyclic) bond motifs is 1. The molecule has 15 heteroatoms. The van der Waals surface area contributed by atoms with E-state index in [0.29, 0.717) is 43.1 Å². The van der Waals surface area contributed by atoms with Crippen LogP contribution in [0.3, 0.4) is 0 Å². The van der Waals surface area contributed by atoms with Crippen LogP contribution in [-0.4, -0.2) is 92.8 Å². The van der Waals surface area contributed by atoms with E-state index in [9.17, 15) is 31.9 Å². The van der Waals surface area contributed by atoms with Gasteiger partial charge in [0.2, 0.25) is 12.3 Å². The third kappa shape index (κ3) is 5.96. The Bertz CT molecular complexity index is 1630. The van der Waals surface area contributed by atoms with Crippen LogP contribution in [0.2, 0.25) is 0 Å². The number of amides is 1. The quantitative estimate of drug-likeness (QED) is 0.229. The van der Waals surface area contributed by atoms with Gasteiger partial charge in [0.1, 0.15) is 11.5 Å². The Morgan fingerprint density at radius 2 is 1.93 bits per heavy atom. The van der Waals surface area contributed by atoms with Gasteiger partial charge in [0, 0.05) is 85.5 Å². The summed E-state index contributed by atoms with van der Waals surface area (Å²) in [5, 5.41) is 13.9. The number of aromatic nitrogens is 3. The minimum Gasteiger partial charge on any atom is -0.507 e. The summed E-state index contributed by atoms with van der Waals surface area (Å²) in [4.78, 5) is 27.5. The lowest BCUT2D eigenvalue weighted by Crippen LogP contribution is -2.72. The topological polar surface area (TPSA) is 124 Å². The normalized spacial score (nSPS) is 16.8. The van der Waals surface area contributed by atoms with E-state index in [-0.39, 0.29) is 46.3 Å². The third-order valence-corrected chi connectivity index (χ3v) is 7.72. The minimum absolute atomic E-state index is 0.0112. The summed E-state index contributed by atoms with van der Waals surface area (Å²) in [5.41, 5.74) is 5.70. The first-order valence-corrected chi connectivity index (χ1v) is 13.8. The van der Waals surface area contributed by atoms with E-state index in [1.54, 1.807) is 17.0 Å². The molecule has 2 aromatic heterocycles. The van der Waals surface area contributed by atoms with Crippen LogP contribution < -0.4 is 11.1 Å². The number of likely N-dealkylation sites (tertiary alicyclic amines) is 2. The molecule has 1 aromatic carbocycles. The Kier molecular flexibility index (Phi) is 8.34. The van der Waals surface area contributed by atoms with Gasteiger partial charge in [0.25, 0.3) is 0 Å². The Hall–Kier alpha value is -4.53. The highest BCUT2D eigenvalue weighted by molar-refractivity contribution is 6.26. The van der Waals surface area contributed by atoms with Gasteiger partial charge in [-0.2, -0.15) is 13.2 Å². The van der Waals surface area contributed by atoms with Gasteiger partial charge in [0.05, 0.1) is 18.4 Å². The maximum absolute atomic E-state index is 13.9. The Morgan fingerprint density at radius 1 is 1.23 bits per heavy atom. The van der Waals surface area contributed by atoms with Gasteiger partial charge < -0.3 is 26.0 Å². The Morgan fingerprint density at radius 3 is 2.55 bits per heavy atom. The molecule has 44 heavy (non-hydrogen) atoms. The molecule has 1 amide bonds. The van der Waals surface area contributed by atoms with Crippen molar-refractivity contribution in [3.8, 4) is 5.75 Å². The van der Waals surface area contributed by atoms with Crippen LogP contribution in [0, 0.1) is 5.41 Å². The van der Waals surface area contributed by atoms with Crippen molar-refractivity contribution in [2.75, 3.05) is 44.6 Å². The van der Waals surface area contributed by atoms with E-state index < -0.39 is 31.3 Å². The number of nitrogens with zero attached hydrogens (tertiary/aromatic N) is 6. The van der Waals surface area contributed by atoms with Crippen molar-refractivity contribution in [2.45, 2.75) is 25.9 Å². The smallest absolute Gasteiger partial charge is 0.433 e. The maximum atomic E-state index is 13.9. The number of hydrogen-bond acceptors (Lipinski definition) is 8. The largest absolute Gasteiger partial charge is 0.507 e. The maximum Gasteiger partial charge on any atom is 0.433 e. The number of nitrogens with one attached hydrogen (secondary N) is 1. The first kappa shape index (κ1) is 30.9. The first-order valence-electron chi connectivity index (χ1n) is 13.8. The average Bonchev–Trinajstić information content (AvgIpc) is 3.35. The van der Waals surface area contributed by atoms with Crippen LogP contribution >= 0.6 is 0 Å².